The average molecular weight is 438 g/mol. The van der Waals surface area contributed by atoms with E-state index in [9.17, 15) is 13.2 Å². The fourth-order valence-electron chi connectivity index (χ4n) is 3.30. The summed E-state index contributed by atoms with van der Waals surface area (Å²) in [6.07, 6.45) is 0.745. The Kier molecular flexibility index (Phi) is 7.28. The van der Waals surface area contributed by atoms with Crippen LogP contribution in [0.1, 0.15) is 12.5 Å². The van der Waals surface area contributed by atoms with Crippen molar-refractivity contribution in [2.24, 2.45) is 0 Å². The van der Waals surface area contributed by atoms with Crippen LogP contribution in [0, 0.1) is 0 Å². The number of rotatable bonds is 8. The predicted octanol–water partition coefficient (Wildman–Crippen LogP) is 1.81. The lowest BCUT2D eigenvalue weighted by molar-refractivity contribution is -0.126. The lowest BCUT2D eigenvalue weighted by Gasteiger charge is -2.36. The van der Waals surface area contributed by atoms with Gasteiger partial charge in [-0.25, -0.2) is 8.42 Å². The molecule has 2 aromatic rings. The van der Waals surface area contributed by atoms with Gasteiger partial charge in [-0.15, -0.1) is 11.3 Å². The molecule has 1 aliphatic heterocycles. The summed E-state index contributed by atoms with van der Waals surface area (Å²) >= 11 is 1.23. The molecule has 29 heavy (non-hydrogen) atoms. The molecule has 0 radical (unpaired) electrons. The second kappa shape index (κ2) is 9.71. The normalized spacial score (nSPS) is 17.0. The maximum absolute atomic E-state index is 12.6. The second-order valence-electron chi connectivity index (χ2n) is 6.94. The van der Waals surface area contributed by atoms with E-state index in [1.165, 1.54) is 15.6 Å². The van der Waals surface area contributed by atoms with Crippen LogP contribution < -0.4 is 10.1 Å². The van der Waals surface area contributed by atoms with E-state index in [-0.39, 0.29) is 11.9 Å². The molecule has 1 fully saturated rings. The molecule has 7 nitrogen and oxygen atoms in total. The zero-order valence-electron chi connectivity index (χ0n) is 16.7. The number of thiophene rings is 1. The van der Waals surface area contributed by atoms with Crippen LogP contribution in [0.25, 0.3) is 0 Å². The monoisotopic (exact) mass is 437 g/mol. The molecule has 158 valence electrons. The molecule has 9 heteroatoms. The summed E-state index contributed by atoms with van der Waals surface area (Å²) in [4.78, 5) is 14.5. The minimum Gasteiger partial charge on any atom is -0.497 e. The van der Waals surface area contributed by atoms with Crippen molar-refractivity contribution in [2.45, 2.75) is 23.6 Å². The summed E-state index contributed by atoms with van der Waals surface area (Å²) in [5.41, 5.74) is 1.13. The van der Waals surface area contributed by atoms with E-state index < -0.39 is 10.0 Å². The molecule has 1 unspecified atom stereocenters. The molecule has 0 spiro atoms. The highest BCUT2D eigenvalue weighted by Crippen LogP contribution is 2.22. The van der Waals surface area contributed by atoms with Crippen LogP contribution in [0.5, 0.6) is 5.75 Å². The Morgan fingerprint density at radius 2 is 1.86 bits per heavy atom. The Balaban J connectivity index is 1.44. The lowest BCUT2D eigenvalue weighted by Crippen LogP contribution is -2.54. The fraction of sp³-hybridized carbons (Fsp3) is 0.450. The summed E-state index contributed by atoms with van der Waals surface area (Å²) in [6.45, 7) is 4.29. The Bertz CT molecular complexity index is 890. The molecular formula is C20H27N3O4S2. The largest absolute Gasteiger partial charge is 0.497 e. The Morgan fingerprint density at radius 3 is 2.45 bits per heavy atom. The van der Waals surface area contributed by atoms with Crippen LogP contribution in [0.2, 0.25) is 0 Å². The van der Waals surface area contributed by atoms with Crippen molar-refractivity contribution < 1.29 is 17.9 Å². The van der Waals surface area contributed by atoms with E-state index in [2.05, 4.69) is 5.32 Å². The first-order chi connectivity index (χ1) is 13.9. The molecule has 0 saturated carbocycles. The van der Waals surface area contributed by atoms with Gasteiger partial charge in [0.1, 0.15) is 9.96 Å². The quantitative estimate of drug-likeness (QED) is 0.681. The number of carbonyl (C=O) groups is 1. The molecule has 1 aromatic carbocycles. The van der Waals surface area contributed by atoms with Gasteiger partial charge in [-0.2, -0.15) is 4.31 Å². The molecule has 0 aliphatic carbocycles. The molecule has 1 saturated heterocycles. The smallest absolute Gasteiger partial charge is 0.252 e. The zero-order chi connectivity index (χ0) is 20.9. The van der Waals surface area contributed by atoms with Gasteiger partial charge in [0, 0.05) is 32.7 Å². The number of hydrogen-bond acceptors (Lipinski definition) is 6. The summed E-state index contributed by atoms with van der Waals surface area (Å²) in [7, 11) is -1.79. The number of hydrogen-bond donors (Lipinski definition) is 1. The van der Waals surface area contributed by atoms with Gasteiger partial charge in [0.15, 0.2) is 0 Å². The summed E-state index contributed by atoms with van der Waals surface area (Å²) in [5, 5.41) is 4.74. The number of ether oxygens (including phenoxy) is 1. The van der Waals surface area contributed by atoms with Crippen LogP contribution in [0.15, 0.2) is 46.0 Å². The van der Waals surface area contributed by atoms with E-state index in [4.69, 9.17) is 4.74 Å². The predicted molar refractivity (Wildman–Crippen MR) is 114 cm³/mol. The van der Waals surface area contributed by atoms with Crippen molar-refractivity contribution in [1.82, 2.24) is 14.5 Å². The maximum Gasteiger partial charge on any atom is 0.252 e. The third-order valence-corrected chi connectivity index (χ3v) is 8.43. The van der Waals surface area contributed by atoms with Gasteiger partial charge >= 0.3 is 0 Å². The SMILES string of the molecule is COc1ccc(CCNC(=O)C(C)N2CCN(S(=O)(=O)c3cccs3)CC2)cc1. The second-order valence-corrected chi connectivity index (χ2v) is 10.0. The third kappa shape index (κ3) is 5.36. The first kappa shape index (κ1) is 21.8. The number of nitrogens with one attached hydrogen (secondary N) is 1. The Labute approximate surface area is 176 Å². The third-order valence-electron chi connectivity index (χ3n) is 5.16. The van der Waals surface area contributed by atoms with Crippen LogP contribution in [-0.2, 0) is 21.2 Å². The van der Waals surface area contributed by atoms with Crippen molar-refractivity contribution in [3.8, 4) is 5.75 Å². The molecule has 1 N–H and O–H groups in total. The summed E-state index contributed by atoms with van der Waals surface area (Å²) < 4.78 is 32.2. The molecular weight excluding hydrogens is 410 g/mol. The highest BCUT2D eigenvalue weighted by atomic mass is 32.2. The number of amides is 1. The first-order valence-electron chi connectivity index (χ1n) is 9.60. The number of piperazine rings is 1. The van der Waals surface area contributed by atoms with Crippen molar-refractivity contribution in [2.75, 3.05) is 39.8 Å². The fourth-order valence-corrected chi connectivity index (χ4v) is 5.87. The van der Waals surface area contributed by atoms with Crippen LogP contribution in [-0.4, -0.2) is 69.4 Å². The van der Waals surface area contributed by atoms with Gasteiger partial charge in [0.05, 0.1) is 13.2 Å². The van der Waals surface area contributed by atoms with Gasteiger partial charge in [-0.05, 0) is 42.5 Å². The first-order valence-corrected chi connectivity index (χ1v) is 11.9. The van der Waals surface area contributed by atoms with E-state index >= 15 is 0 Å². The van der Waals surface area contributed by atoms with Gasteiger partial charge in [0.25, 0.3) is 10.0 Å². The van der Waals surface area contributed by atoms with E-state index in [0.717, 1.165) is 17.7 Å². The van der Waals surface area contributed by atoms with Crippen molar-refractivity contribution >= 4 is 27.3 Å². The van der Waals surface area contributed by atoms with Gasteiger partial charge in [-0.3, -0.25) is 9.69 Å². The van der Waals surface area contributed by atoms with Crippen molar-refractivity contribution in [1.29, 1.82) is 0 Å². The van der Waals surface area contributed by atoms with Crippen LogP contribution in [0.4, 0.5) is 0 Å². The Hall–Kier alpha value is -1.94. The van der Waals surface area contributed by atoms with Crippen molar-refractivity contribution in [3.05, 3.63) is 47.3 Å². The number of nitrogens with zero attached hydrogens (tertiary/aromatic N) is 2. The standard InChI is InChI=1S/C20H27N3O4S2/c1-16(20(24)21-10-9-17-5-7-18(27-2)8-6-17)22-11-13-23(14-12-22)29(25,26)19-4-3-15-28-19/h3-8,15-16H,9-14H2,1-2H3,(H,21,24). The number of methoxy groups -OCH3 is 1. The topological polar surface area (TPSA) is 79.0 Å². The Morgan fingerprint density at radius 1 is 1.17 bits per heavy atom. The van der Waals surface area contributed by atoms with E-state index in [0.29, 0.717) is 36.9 Å². The van der Waals surface area contributed by atoms with Gasteiger partial charge in [0.2, 0.25) is 5.91 Å². The van der Waals surface area contributed by atoms with E-state index in [1.807, 2.05) is 36.1 Å². The highest BCUT2D eigenvalue weighted by Gasteiger charge is 2.32. The summed E-state index contributed by atoms with van der Waals surface area (Å²) in [6, 6.07) is 10.9. The number of sulfonamides is 1. The van der Waals surface area contributed by atoms with Crippen LogP contribution >= 0.6 is 11.3 Å². The molecule has 1 aromatic heterocycles. The minimum atomic E-state index is -3.42. The summed E-state index contributed by atoms with van der Waals surface area (Å²) in [5.74, 6) is 0.778. The van der Waals surface area contributed by atoms with Crippen LogP contribution in [0.3, 0.4) is 0 Å². The molecule has 1 atom stereocenters. The van der Waals surface area contributed by atoms with E-state index in [1.54, 1.807) is 24.6 Å². The number of benzene rings is 1. The molecule has 3 rings (SSSR count). The van der Waals surface area contributed by atoms with Gasteiger partial charge in [-0.1, -0.05) is 18.2 Å². The van der Waals surface area contributed by atoms with Crippen molar-refractivity contribution in [3.63, 3.8) is 0 Å². The van der Waals surface area contributed by atoms with Gasteiger partial charge < -0.3 is 10.1 Å². The average Bonchev–Trinajstić information content (AvgIpc) is 3.29. The number of carbonyl (C=O) groups excluding carboxylic acids is 1. The molecule has 0 bridgehead atoms. The molecule has 1 amide bonds. The highest BCUT2D eigenvalue weighted by molar-refractivity contribution is 7.91. The lowest BCUT2D eigenvalue weighted by atomic mass is 10.1. The molecule has 2 heterocycles. The molecule has 1 aliphatic rings. The zero-order valence-corrected chi connectivity index (χ0v) is 18.3. The minimum absolute atomic E-state index is 0.0342. The maximum atomic E-state index is 12.6.